The number of aliphatic hydroxyl groups is 4. The number of carbonyl (C=O) groups is 1. The molecule has 0 aromatic heterocycles. The summed E-state index contributed by atoms with van der Waals surface area (Å²) in [6.45, 7) is 4.07. The van der Waals surface area contributed by atoms with Gasteiger partial charge in [0.05, 0.1) is 48.8 Å². The number of hydrogen-bond acceptors (Lipinski definition) is 8. The molecule has 4 N–H and O–H groups in total. The molecule has 3 rings (SSSR count). The van der Waals surface area contributed by atoms with Gasteiger partial charge in [-0.1, -0.05) is 90.4 Å². The molecule has 9 atom stereocenters. The summed E-state index contributed by atoms with van der Waals surface area (Å²) in [5, 5.41) is 42.4. The molecular weight excluding hydrogens is 572 g/mol. The smallest absolute Gasteiger partial charge is 0.334 e. The van der Waals surface area contributed by atoms with E-state index in [1.54, 1.807) is 6.08 Å². The van der Waals surface area contributed by atoms with E-state index in [9.17, 15) is 25.2 Å². The molecule has 0 radical (unpaired) electrons. The van der Waals surface area contributed by atoms with Crippen LogP contribution < -0.4 is 0 Å². The van der Waals surface area contributed by atoms with Crippen molar-refractivity contribution in [2.75, 3.05) is 0 Å². The Labute approximate surface area is 273 Å². The van der Waals surface area contributed by atoms with Crippen molar-refractivity contribution < 1.29 is 39.4 Å². The summed E-state index contributed by atoms with van der Waals surface area (Å²) in [5.41, 5.74) is 0.600. The van der Waals surface area contributed by atoms with Gasteiger partial charge in [0.25, 0.3) is 0 Å². The van der Waals surface area contributed by atoms with Gasteiger partial charge in [0.1, 0.15) is 6.10 Å². The highest BCUT2D eigenvalue weighted by molar-refractivity contribution is 5.90. The van der Waals surface area contributed by atoms with Crippen LogP contribution in [0, 0.1) is 0 Å². The second-order valence-electron chi connectivity index (χ2n) is 14.2. The number of unbranched alkanes of at least 4 members (excludes halogenated alkanes) is 11. The van der Waals surface area contributed by atoms with Crippen molar-refractivity contribution in [3.05, 3.63) is 11.6 Å². The van der Waals surface area contributed by atoms with Gasteiger partial charge in [-0.25, -0.2) is 4.79 Å². The summed E-state index contributed by atoms with van der Waals surface area (Å²) in [6, 6.07) is 0. The first kappa shape index (κ1) is 38.4. The van der Waals surface area contributed by atoms with Crippen molar-refractivity contribution in [2.24, 2.45) is 0 Å². The maximum Gasteiger partial charge on any atom is 0.334 e. The van der Waals surface area contributed by atoms with E-state index in [1.165, 1.54) is 38.5 Å². The average molecular weight is 639 g/mol. The Morgan fingerprint density at radius 2 is 1.18 bits per heavy atom. The molecule has 3 heterocycles. The fourth-order valence-corrected chi connectivity index (χ4v) is 7.29. The SMILES string of the molecule is CCCCCCCCCC[C@H](O)[C@@H]1CC[C@H]([C@H](O)CC[C@H](O)[C@@H]2CC[C@@H](CCCCCCC[C@@H](O)CC3=C[C@H](C)OC3=O)O2)O1. The lowest BCUT2D eigenvalue weighted by Gasteiger charge is -2.24. The summed E-state index contributed by atoms with van der Waals surface area (Å²) in [5.74, 6) is -0.295. The third kappa shape index (κ3) is 14.7. The summed E-state index contributed by atoms with van der Waals surface area (Å²) in [6.07, 6.45) is 21.6. The minimum atomic E-state index is -0.627. The van der Waals surface area contributed by atoms with Crippen molar-refractivity contribution in [1.29, 1.82) is 0 Å². The second-order valence-corrected chi connectivity index (χ2v) is 14.2. The van der Waals surface area contributed by atoms with Crippen LogP contribution in [0.4, 0.5) is 0 Å². The highest BCUT2D eigenvalue weighted by atomic mass is 16.5. The maximum atomic E-state index is 11.7. The predicted octanol–water partition coefficient (Wildman–Crippen LogP) is 6.83. The summed E-state index contributed by atoms with van der Waals surface area (Å²) in [4.78, 5) is 11.7. The first-order valence-electron chi connectivity index (χ1n) is 18.7. The Morgan fingerprint density at radius 3 is 1.78 bits per heavy atom. The van der Waals surface area contributed by atoms with Crippen molar-refractivity contribution >= 4 is 5.97 Å². The van der Waals surface area contributed by atoms with Gasteiger partial charge in [-0.3, -0.25) is 0 Å². The van der Waals surface area contributed by atoms with Crippen LogP contribution in [0.15, 0.2) is 11.6 Å². The normalized spacial score (nSPS) is 27.8. The van der Waals surface area contributed by atoms with Gasteiger partial charge in [0, 0.05) is 12.0 Å². The number of esters is 1. The first-order chi connectivity index (χ1) is 21.8. The summed E-state index contributed by atoms with van der Waals surface area (Å²) >= 11 is 0. The topological polar surface area (TPSA) is 126 Å². The summed E-state index contributed by atoms with van der Waals surface area (Å²) < 4.78 is 17.3. The molecule has 0 aromatic rings. The van der Waals surface area contributed by atoms with Crippen molar-refractivity contribution in [1.82, 2.24) is 0 Å². The second kappa shape index (κ2) is 21.8. The number of ether oxygens (including phenoxy) is 3. The van der Waals surface area contributed by atoms with E-state index < -0.39 is 24.4 Å². The predicted molar refractivity (Wildman–Crippen MR) is 177 cm³/mol. The molecule has 0 saturated carbocycles. The van der Waals surface area contributed by atoms with E-state index in [1.807, 2.05) is 6.92 Å². The van der Waals surface area contributed by atoms with Crippen LogP contribution >= 0.6 is 0 Å². The third-order valence-electron chi connectivity index (χ3n) is 10.1. The number of cyclic esters (lactones) is 1. The van der Waals surface area contributed by atoms with Gasteiger partial charge in [-0.05, 0) is 70.8 Å². The zero-order valence-corrected chi connectivity index (χ0v) is 28.5. The van der Waals surface area contributed by atoms with Crippen LogP contribution in [0.25, 0.3) is 0 Å². The Hall–Kier alpha value is -1.03. The highest BCUT2D eigenvalue weighted by Crippen LogP contribution is 2.31. The largest absolute Gasteiger partial charge is 0.455 e. The Morgan fingerprint density at radius 1 is 0.667 bits per heavy atom. The fraction of sp³-hybridized carbons (Fsp3) is 0.919. The van der Waals surface area contributed by atoms with Crippen LogP contribution in [0.2, 0.25) is 0 Å². The molecule has 45 heavy (non-hydrogen) atoms. The molecule has 0 unspecified atom stereocenters. The molecule has 2 saturated heterocycles. The fourth-order valence-electron chi connectivity index (χ4n) is 7.29. The van der Waals surface area contributed by atoms with E-state index in [4.69, 9.17) is 14.2 Å². The van der Waals surface area contributed by atoms with E-state index in [2.05, 4.69) is 6.92 Å². The molecule has 0 aliphatic carbocycles. The van der Waals surface area contributed by atoms with Crippen molar-refractivity contribution in [3.8, 4) is 0 Å². The van der Waals surface area contributed by atoms with Crippen molar-refractivity contribution in [3.63, 3.8) is 0 Å². The first-order valence-corrected chi connectivity index (χ1v) is 18.7. The van der Waals surface area contributed by atoms with Gasteiger partial charge < -0.3 is 34.6 Å². The zero-order chi connectivity index (χ0) is 32.4. The number of aliphatic hydroxyl groups excluding tert-OH is 4. The molecule has 0 bridgehead atoms. The van der Waals surface area contributed by atoms with Crippen LogP contribution in [0.3, 0.4) is 0 Å². The van der Waals surface area contributed by atoms with E-state index in [0.29, 0.717) is 31.3 Å². The zero-order valence-electron chi connectivity index (χ0n) is 28.5. The lowest BCUT2D eigenvalue weighted by Crippen LogP contribution is -2.33. The van der Waals surface area contributed by atoms with Crippen molar-refractivity contribution in [2.45, 2.75) is 216 Å². The molecule has 262 valence electrons. The van der Waals surface area contributed by atoms with Crippen LogP contribution in [0.1, 0.15) is 162 Å². The maximum absolute atomic E-state index is 11.7. The molecule has 0 amide bonds. The summed E-state index contributed by atoms with van der Waals surface area (Å²) in [7, 11) is 0. The Bertz CT molecular complexity index is 833. The molecular formula is C37H66O8. The van der Waals surface area contributed by atoms with E-state index >= 15 is 0 Å². The standard InChI is InChI=1S/C37H66O8/c1-3-4-5-6-7-8-12-15-18-31(39)35-23-24-36(45-35)33(41)21-20-32(40)34-22-19-30(44-34)17-14-11-9-10-13-16-29(38)26-28-25-27(2)43-37(28)42/h25,27,29-36,38-41H,3-24,26H2,1-2H3/t27-,29+,30+,31-,32-,33+,34-,35-,36+/m0/s1. The van der Waals surface area contributed by atoms with E-state index in [0.717, 1.165) is 83.5 Å². The third-order valence-corrected chi connectivity index (χ3v) is 10.1. The molecule has 8 heteroatoms. The number of hydrogen-bond donors (Lipinski definition) is 4. The van der Waals surface area contributed by atoms with Crippen LogP contribution in [0.5, 0.6) is 0 Å². The van der Waals surface area contributed by atoms with Crippen LogP contribution in [-0.2, 0) is 19.0 Å². The number of carbonyl (C=O) groups excluding carboxylic acids is 1. The molecule has 3 aliphatic rings. The molecule has 0 aromatic carbocycles. The minimum absolute atomic E-state index is 0.162. The molecule has 2 fully saturated rings. The molecule has 8 nitrogen and oxygen atoms in total. The molecule has 0 spiro atoms. The van der Waals surface area contributed by atoms with Gasteiger partial charge in [0.2, 0.25) is 0 Å². The molecule has 3 aliphatic heterocycles. The highest BCUT2D eigenvalue weighted by Gasteiger charge is 2.36. The quantitative estimate of drug-likeness (QED) is 0.0634. The number of rotatable bonds is 25. The van der Waals surface area contributed by atoms with Gasteiger partial charge in [-0.2, -0.15) is 0 Å². The Balaban J connectivity index is 1.16. The lowest BCUT2D eigenvalue weighted by atomic mass is 9.98. The average Bonchev–Trinajstić information content (AvgIpc) is 3.77. The minimum Gasteiger partial charge on any atom is -0.455 e. The lowest BCUT2D eigenvalue weighted by molar-refractivity contribution is -0.139. The van der Waals surface area contributed by atoms with Crippen LogP contribution in [-0.4, -0.2) is 81.3 Å². The monoisotopic (exact) mass is 638 g/mol. The Kier molecular flexibility index (Phi) is 18.6. The van der Waals surface area contributed by atoms with Gasteiger partial charge in [0.15, 0.2) is 0 Å². The van der Waals surface area contributed by atoms with Gasteiger partial charge >= 0.3 is 5.97 Å². The van der Waals surface area contributed by atoms with Gasteiger partial charge in [-0.15, -0.1) is 0 Å². The van der Waals surface area contributed by atoms with E-state index in [-0.39, 0.29) is 36.5 Å².